The molecule has 0 N–H and O–H groups in total. The number of allylic oxidation sites excluding steroid dienone is 1. The van der Waals surface area contributed by atoms with Gasteiger partial charge in [0, 0.05) is 0 Å². The van der Waals surface area contributed by atoms with Crippen LogP contribution in [-0.2, 0) is 33.2 Å². The Hall–Kier alpha value is -1.27. The predicted molar refractivity (Wildman–Crippen MR) is 158 cm³/mol. The summed E-state index contributed by atoms with van der Waals surface area (Å²) in [7, 11) is 16.3. The molecule has 36 heavy (non-hydrogen) atoms. The molecule has 0 saturated heterocycles. The van der Waals surface area contributed by atoms with Crippen LogP contribution in [0.3, 0.4) is 0 Å². The van der Waals surface area contributed by atoms with Gasteiger partial charge in [-0.2, -0.15) is 0 Å². The Labute approximate surface area is 225 Å². The standard InChI is InChI=1S/C21H25.C9H7.C3H6.2ClH.Zr/c1-20(2,3)16-9-7-14-11-15-8-10-17(21(4,5)6)13-19(15)18(14)12-16;1-2-5-9-7-3-6-8(9)4-1;1-3-2;;;/h7,9-10,12-13H,11H2,1-6H3;1-7H;1-2H3;2*1H;/q;;;;;+2/p-2. The number of rotatable bonds is 2. The van der Waals surface area contributed by atoms with E-state index in [0.29, 0.717) is 0 Å². The zero-order valence-corrected chi connectivity index (χ0v) is 26.9. The van der Waals surface area contributed by atoms with E-state index in [1.54, 1.807) is 0 Å². The van der Waals surface area contributed by atoms with E-state index < -0.39 is 15.9 Å². The van der Waals surface area contributed by atoms with Crippen molar-refractivity contribution in [2.24, 2.45) is 0 Å². The molecular formula is C33H38Cl2Zr. The number of hydrogen-bond donors (Lipinski definition) is 0. The van der Waals surface area contributed by atoms with Crippen molar-refractivity contribution in [3.8, 4) is 11.1 Å². The van der Waals surface area contributed by atoms with Crippen molar-refractivity contribution in [1.29, 1.82) is 0 Å². The molecule has 3 aromatic rings. The predicted octanol–water partition coefficient (Wildman–Crippen LogP) is 9.46. The van der Waals surface area contributed by atoms with Gasteiger partial charge in [-0.15, -0.1) is 0 Å². The molecule has 0 aromatic heterocycles. The zero-order chi connectivity index (χ0) is 26.3. The number of fused-ring (bicyclic) bond motifs is 4. The van der Waals surface area contributed by atoms with Crippen LogP contribution in [0.4, 0.5) is 0 Å². The summed E-state index contributed by atoms with van der Waals surface area (Å²) < 4.78 is 2.47. The Morgan fingerprint density at radius 3 is 2.08 bits per heavy atom. The van der Waals surface area contributed by atoms with Crippen molar-refractivity contribution in [1.82, 2.24) is 0 Å². The summed E-state index contributed by atoms with van der Waals surface area (Å²) in [6.45, 7) is 18.1. The minimum atomic E-state index is -4.82. The van der Waals surface area contributed by atoms with Gasteiger partial charge in [0.25, 0.3) is 0 Å². The van der Waals surface area contributed by atoms with Crippen LogP contribution in [-0.4, -0.2) is 3.21 Å². The van der Waals surface area contributed by atoms with Gasteiger partial charge in [0.15, 0.2) is 0 Å². The van der Waals surface area contributed by atoms with E-state index >= 15 is 0 Å². The van der Waals surface area contributed by atoms with Gasteiger partial charge in [-0.25, -0.2) is 0 Å². The molecule has 0 radical (unpaired) electrons. The van der Waals surface area contributed by atoms with Gasteiger partial charge >= 0.3 is 227 Å². The van der Waals surface area contributed by atoms with Crippen LogP contribution in [0.1, 0.15) is 92.4 Å². The molecule has 0 bridgehead atoms. The normalized spacial score (nSPS) is 17.1. The molecule has 0 aliphatic heterocycles. The molecule has 3 aromatic carbocycles. The van der Waals surface area contributed by atoms with Gasteiger partial charge in [-0.1, -0.05) is 0 Å². The fourth-order valence-corrected chi connectivity index (χ4v) is 19.9. The molecule has 0 fully saturated rings. The molecule has 3 heteroatoms. The average Bonchev–Trinajstić information content (AvgIpc) is 3.39. The van der Waals surface area contributed by atoms with Gasteiger partial charge in [-0.3, -0.25) is 0 Å². The maximum absolute atomic E-state index is 8.13. The first-order valence-electron chi connectivity index (χ1n) is 13.1. The fourth-order valence-electron chi connectivity index (χ4n) is 6.02. The number of benzene rings is 3. The van der Waals surface area contributed by atoms with Crippen molar-refractivity contribution in [3.05, 3.63) is 94.1 Å². The minimum absolute atomic E-state index is 0.0178. The monoisotopic (exact) mass is 594 g/mol. The molecule has 188 valence electrons. The summed E-state index contributed by atoms with van der Waals surface area (Å²) in [5.41, 5.74) is 10.7. The third-order valence-corrected chi connectivity index (χ3v) is 30.1. The third-order valence-electron chi connectivity index (χ3n) is 8.51. The second-order valence-corrected chi connectivity index (χ2v) is 34.2. The van der Waals surface area contributed by atoms with Gasteiger partial charge in [-0.05, 0) is 0 Å². The first-order chi connectivity index (χ1) is 16.6. The maximum atomic E-state index is 8.13. The van der Waals surface area contributed by atoms with Crippen LogP contribution >= 0.6 is 17.0 Å². The summed E-state index contributed by atoms with van der Waals surface area (Å²) in [5.74, 6) is 0. The van der Waals surface area contributed by atoms with Crippen molar-refractivity contribution >= 4 is 29.6 Å². The molecule has 0 nitrogen and oxygen atoms in total. The number of hydrogen-bond acceptors (Lipinski definition) is 0. The van der Waals surface area contributed by atoms with E-state index in [1.807, 2.05) is 0 Å². The summed E-state index contributed by atoms with van der Waals surface area (Å²) in [5, 5.41) is 0. The Bertz CT molecular complexity index is 1500. The molecule has 0 saturated carbocycles. The Balaban J connectivity index is 1.86. The van der Waals surface area contributed by atoms with Crippen LogP contribution in [0.15, 0.2) is 60.7 Å². The van der Waals surface area contributed by atoms with Crippen molar-refractivity contribution in [2.45, 2.75) is 76.3 Å². The average molecular weight is 597 g/mol. The van der Waals surface area contributed by atoms with Gasteiger partial charge in [0.05, 0.1) is 0 Å². The molecule has 1 atom stereocenters. The second kappa shape index (κ2) is 8.36. The quantitative estimate of drug-likeness (QED) is 0.216. The molecule has 2 aliphatic carbocycles. The second-order valence-electron chi connectivity index (χ2n) is 13.1. The van der Waals surface area contributed by atoms with E-state index in [9.17, 15) is 0 Å². The first kappa shape index (κ1) is 26.3. The Kier molecular flexibility index (Phi) is 6.12. The van der Waals surface area contributed by atoms with Crippen LogP contribution in [0.5, 0.6) is 0 Å². The Morgan fingerprint density at radius 1 is 0.806 bits per heavy atom. The molecule has 0 amide bonds. The topological polar surface area (TPSA) is 0 Å². The summed E-state index contributed by atoms with van der Waals surface area (Å²) in [6.07, 6.45) is 5.40. The molecule has 1 unspecified atom stereocenters. The summed E-state index contributed by atoms with van der Waals surface area (Å²) >= 11 is -4.82. The summed E-state index contributed by atoms with van der Waals surface area (Å²) in [6, 6.07) is 20.5. The van der Waals surface area contributed by atoms with Crippen molar-refractivity contribution in [3.63, 3.8) is 0 Å². The first-order valence-corrected chi connectivity index (χ1v) is 23.3. The molecule has 5 rings (SSSR count). The van der Waals surface area contributed by atoms with Gasteiger partial charge in [0.2, 0.25) is 0 Å². The Morgan fingerprint density at radius 2 is 1.44 bits per heavy atom. The van der Waals surface area contributed by atoms with Crippen LogP contribution < -0.4 is 3.27 Å². The van der Waals surface area contributed by atoms with Gasteiger partial charge in [0.1, 0.15) is 0 Å². The zero-order valence-electron chi connectivity index (χ0n) is 22.9. The van der Waals surface area contributed by atoms with Crippen molar-refractivity contribution in [2.75, 3.05) is 0 Å². The van der Waals surface area contributed by atoms with E-state index in [2.05, 4.69) is 122 Å². The third kappa shape index (κ3) is 3.92. The van der Waals surface area contributed by atoms with Crippen LogP contribution in [0.2, 0.25) is 0 Å². The molecule has 0 spiro atoms. The molecular weight excluding hydrogens is 558 g/mol. The van der Waals surface area contributed by atoms with Gasteiger partial charge < -0.3 is 0 Å². The van der Waals surface area contributed by atoms with Crippen LogP contribution in [0, 0.1) is 0 Å². The number of halogens is 2. The van der Waals surface area contributed by atoms with E-state index in [1.165, 1.54) is 51.0 Å². The van der Waals surface area contributed by atoms with Crippen LogP contribution in [0.25, 0.3) is 17.2 Å². The van der Waals surface area contributed by atoms with E-state index in [-0.39, 0.29) is 14.5 Å². The molecule has 2 aliphatic rings. The van der Waals surface area contributed by atoms with E-state index in [0.717, 1.165) is 6.42 Å². The van der Waals surface area contributed by atoms with E-state index in [4.69, 9.17) is 17.0 Å². The van der Waals surface area contributed by atoms with Crippen molar-refractivity contribution < 1.29 is 15.9 Å². The molecule has 0 heterocycles. The summed E-state index contributed by atoms with van der Waals surface area (Å²) in [4.78, 5) is 0. The SMILES string of the molecule is C[C](C)=[Zr]([Cl])([Cl])([c]1cc(C(C)(C)C)cc2c1Cc1ccc(C(C)(C)C)cc1-2)[CH]1C=Cc2ccccc21. The fraction of sp³-hybridized carbons (Fsp3) is 0.364.